The summed E-state index contributed by atoms with van der Waals surface area (Å²) in [5.74, 6) is 0.665. The average molecular weight is 209 g/mol. The van der Waals surface area contributed by atoms with Crippen LogP contribution in [0.1, 0.15) is 11.6 Å². The quantitative estimate of drug-likeness (QED) is 0.764. The van der Waals surface area contributed by atoms with Gasteiger partial charge in [0, 0.05) is 6.54 Å². The number of phenolic OH excluding ortho intramolecular Hbond substituents is 1. The van der Waals surface area contributed by atoms with Gasteiger partial charge in [0.1, 0.15) is 0 Å². The molecule has 4 nitrogen and oxygen atoms in total. The van der Waals surface area contributed by atoms with E-state index >= 15 is 0 Å². The van der Waals surface area contributed by atoms with Gasteiger partial charge in [-0.1, -0.05) is 6.07 Å². The Kier molecular flexibility index (Phi) is 3.08. The minimum Gasteiger partial charge on any atom is -0.504 e. The van der Waals surface area contributed by atoms with Gasteiger partial charge in [-0.3, -0.25) is 0 Å². The lowest BCUT2D eigenvalue weighted by atomic mass is 10.1. The van der Waals surface area contributed by atoms with Crippen molar-refractivity contribution in [2.45, 2.75) is 6.04 Å². The first-order valence-electron chi connectivity index (χ1n) is 4.99. The highest BCUT2D eigenvalue weighted by Gasteiger charge is 2.16. The summed E-state index contributed by atoms with van der Waals surface area (Å²) in [6.45, 7) is 2.27. The number of benzene rings is 1. The molecular formula is C11H15NO3. The minimum absolute atomic E-state index is 0.165. The molecule has 1 heterocycles. The highest BCUT2D eigenvalue weighted by Crippen LogP contribution is 2.29. The van der Waals surface area contributed by atoms with Gasteiger partial charge in [-0.25, -0.2) is 0 Å². The molecule has 15 heavy (non-hydrogen) atoms. The second-order valence-electron chi connectivity index (χ2n) is 3.51. The Morgan fingerprint density at radius 1 is 1.53 bits per heavy atom. The third-order valence-electron chi connectivity index (χ3n) is 2.53. The lowest BCUT2D eigenvalue weighted by Gasteiger charge is -2.24. The molecule has 2 rings (SSSR count). The zero-order chi connectivity index (χ0) is 10.7. The number of nitrogens with one attached hydrogen (secondary N) is 1. The molecule has 4 heteroatoms. The maximum Gasteiger partial charge on any atom is 0.160 e. The van der Waals surface area contributed by atoms with Crippen LogP contribution in [0.5, 0.6) is 11.5 Å². The van der Waals surface area contributed by atoms with Crippen molar-refractivity contribution < 1.29 is 14.6 Å². The number of aromatic hydroxyl groups is 1. The molecule has 0 saturated carbocycles. The number of hydrogen-bond acceptors (Lipinski definition) is 4. The predicted octanol–water partition coefficient (Wildman–Crippen LogP) is 1.06. The van der Waals surface area contributed by atoms with Crippen LogP contribution in [0.4, 0.5) is 0 Å². The van der Waals surface area contributed by atoms with Gasteiger partial charge in [0.05, 0.1) is 26.4 Å². The zero-order valence-electron chi connectivity index (χ0n) is 8.69. The van der Waals surface area contributed by atoms with E-state index in [9.17, 15) is 5.11 Å². The molecule has 1 aliphatic rings. The molecule has 0 aliphatic carbocycles. The number of phenols is 1. The molecule has 0 aromatic heterocycles. The van der Waals surface area contributed by atoms with Crippen LogP contribution in [0.15, 0.2) is 18.2 Å². The van der Waals surface area contributed by atoms with Crippen LogP contribution in [0.25, 0.3) is 0 Å². The van der Waals surface area contributed by atoms with Crippen LogP contribution in [-0.4, -0.2) is 32.0 Å². The molecule has 1 saturated heterocycles. The van der Waals surface area contributed by atoms with E-state index < -0.39 is 0 Å². The molecule has 1 aromatic carbocycles. The van der Waals surface area contributed by atoms with Crippen LogP contribution >= 0.6 is 0 Å². The largest absolute Gasteiger partial charge is 0.504 e. The maximum absolute atomic E-state index is 9.46. The highest BCUT2D eigenvalue weighted by atomic mass is 16.5. The summed E-state index contributed by atoms with van der Waals surface area (Å²) in [4.78, 5) is 0. The third kappa shape index (κ3) is 2.22. The summed E-state index contributed by atoms with van der Waals surface area (Å²) in [5.41, 5.74) is 1.07. The monoisotopic (exact) mass is 209 g/mol. The Balaban J connectivity index is 2.20. The van der Waals surface area contributed by atoms with Gasteiger partial charge in [0.25, 0.3) is 0 Å². The second-order valence-corrected chi connectivity index (χ2v) is 3.51. The number of ether oxygens (including phenoxy) is 2. The Labute approximate surface area is 88.8 Å². The number of hydrogen-bond donors (Lipinski definition) is 2. The van der Waals surface area contributed by atoms with Gasteiger partial charge >= 0.3 is 0 Å². The molecule has 0 amide bonds. The summed E-state index contributed by atoms with van der Waals surface area (Å²) in [5, 5.41) is 12.8. The molecule has 2 N–H and O–H groups in total. The van der Waals surface area contributed by atoms with E-state index in [1.165, 1.54) is 0 Å². The molecule has 82 valence electrons. The van der Waals surface area contributed by atoms with Gasteiger partial charge in [-0.15, -0.1) is 0 Å². The van der Waals surface area contributed by atoms with Crippen molar-refractivity contribution in [3.05, 3.63) is 23.8 Å². The molecule has 0 spiro atoms. The van der Waals surface area contributed by atoms with Crippen LogP contribution in [-0.2, 0) is 4.74 Å². The van der Waals surface area contributed by atoms with Crippen molar-refractivity contribution in [3.8, 4) is 11.5 Å². The minimum atomic E-state index is 0.165. The first kappa shape index (κ1) is 10.3. The van der Waals surface area contributed by atoms with Crippen molar-refractivity contribution in [2.24, 2.45) is 0 Å². The molecule has 0 bridgehead atoms. The van der Waals surface area contributed by atoms with Crippen LogP contribution in [0.3, 0.4) is 0 Å². The number of morpholine rings is 1. The smallest absolute Gasteiger partial charge is 0.160 e. The zero-order valence-corrected chi connectivity index (χ0v) is 8.69. The highest BCUT2D eigenvalue weighted by molar-refractivity contribution is 5.42. The fraction of sp³-hybridized carbons (Fsp3) is 0.455. The van der Waals surface area contributed by atoms with E-state index in [0.717, 1.165) is 18.7 Å². The van der Waals surface area contributed by atoms with Gasteiger partial charge in [0.2, 0.25) is 0 Å². The third-order valence-corrected chi connectivity index (χ3v) is 2.53. The average Bonchev–Trinajstić information content (AvgIpc) is 2.31. The van der Waals surface area contributed by atoms with Crippen molar-refractivity contribution in [3.63, 3.8) is 0 Å². The summed E-state index contributed by atoms with van der Waals surface area (Å²) < 4.78 is 10.4. The standard InChI is InChI=1S/C11H15NO3/c1-14-11-6-8(2-3-10(11)13)9-7-15-5-4-12-9/h2-3,6,9,12-13H,4-5,7H2,1H3. The molecule has 1 unspecified atom stereocenters. The Morgan fingerprint density at radius 3 is 3.07 bits per heavy atom. The number of rotatable bonds is 2. The Morgan fingerprint density at radius 2 is 2.40 bits per heavy atom. The fourth-order valence-corrected chi connectivity index (χ4v) is 1.69. The number of methoxy groups -OCH3 is 1. The Bertz CT molecular complexity index is 335. The van der Waals surface area contributed by atoms with E-state index in [0.29, 0.717) is 12.4 Å². The fourth-order valence-electron chi connectivity index (χ4n) is 1.69. The van der Waals surface area contributed by atoms with Crippen LogP contribution in [0, 0.1) is 0 Å². The van der Waals surface area contributed by atoms with Gasteiger partial charge in [-0.05, 0) is 17.7 Å². The summed E-state index contributed by atoms with van der Waals surface area (Å²) in [6.07, 6.45) is 0. The molecule has 0 radical (unpaired) electrons. The lowest BCUT2D eigenvalue weighted by molar-refractivity contribution is 0.0768. The first-order valence-corrected chi connectivity index (χ1v) is 4.99. The van der Waals surface area contributed by atoms with Gasteiger partial charge in [0.15, 0.2) is 11.5 Å². The molecule has 1 aromatic rings. The summed E-state index contributed by atoms with van der Waals surface area (Å²) in [7, 11) is 1.55. The van der Waals surface area contributed by atoms with Crippen LogP contribution < -0.4 is 10.1 Å². The maximum atomic E-state index is 9.46. The van der Waals surface area contributed by atoms with E-state index in [2.05, 4.69) is 5.32 Å². The summed E-state index contributed by atoms with van der Waals surface area (Å²) in [6, 6.07) is 5.55. The van der Waals surface area contributed by atoms with Gasteiger partial charge < -0.3 is 19.9 Å². The first-order chi connectivity index (χ1) is 7.31. The van der Waals surface area contributed by atoms with Crippen molar-refractivity contribution in [1.29, 1.82) is 0 Å². The van der Waals surface area contributed by atoms with Gasteiger partial charge in [-0.2, -0.15) is 0 Å². The molecule has 1 fully saturated rings. The summed E-state index contributed by atoms with van der Waals surface area (Å²) >= 11 is 0. The van der Waals surface area contributed by atoms with E-state index in [1.807, 2.05) is 12.1 Å². The SMILES string of the molecule is COc1cc(C2COCCN2)ccc1O. The predicted molar refractivity (Wildman–Crippen MR) is 56.2 cm³/mol. The Hall–Kier alpha value is -1.26. The molecular weight excluding hydrogens is 194 g/mol. The lowest BCUT2D eigenvalue weighted by Crippen LogP contribution is -2.34. The van der Waals surface area contributed by atoms with E-state index in [-0.39, 0.29) is 11.8 Å². The van der Waals surface area contributed by atoms with Crippen LogP contribution in [0.2, 0.25) is 0 Å². The normalized spacial score (nSPS) is 21.3. The van der Waals surface area contributed by atoms with Crippen molar-refractivity contribution in [1.82, 2.24) is 5.32 Å². The van der Waals surface area contributed by atoms with Crippen molar-refractivity contribution >= 4 is 0 Å². The second kappa shape index (κ2) is 4.51. The van der Waals surface area contributed by atoms with E-state index in [1.54, 1.807) is 13.2 Å². The topological polar surface area (TPSA) is 50.7 Å². The molecule has 1 aliphatic heterocycles. The van der Waals surface area contributed by atoms with Crippen molar-refractivity contribution in [2.75, 3.05) is 26.9 Å². The molecule has 1 atom stereocenters. The van der Waals surface area contributed by atoms with E-state index in [4.69, 9.17) is 9.47 Å².